The Morgan fingerprint density at radius 2 is 1.76 bits per heavy atom. The number of carbonyl (C=O) groups is 2. The van der Waals surface area contributed by atoms with E-state index in [-0.39, 0.29) is 24.8 Å². The van der Waals surface area contributed by atoms with E-state index in [0.29, 0.717) is 12.2 Å². The van der Waals surface area contributed by atoms with Gasteiger partial charge >= 0.3 is 5.97 Å². The van der Waals surface area contributed by atoms with Gasteiger partial charge in [-0.25, -0.2) is 9.48 Å². The number of ether oxygens (including phenoxy) is 1. The molecule has 1 amide bonds. The van der Waals surface area contributed by atoms with Gasteiger partial charge < -0.3 is 14.7 Å². The van der Waals surface area contributed by atoms with Gasteiger partial charge in [0.1, 0.15) is 0 Å². The molecule has 2 heterocycles. The Morgan fingerprint density at radius 1 is 1.07 bits per heavy atom. The summed E-state index contributed by atoms with van der Waals surface area (Å²) in [5, 5.41) is 17.3. The monoisotopic (exact) mass is 392 g/mol. The van der Waals surface area contributed by atoms with Gasteiger partial charge in [-0.3, -0.25) is 4.79 Å². The summed E-state index contributed by atoms with van der Waals surface area (Å²) in [5.41, 5.74) is 3.80. The summed E-state index contributed by atoms with van der Waals surface area (Å²) >= 11 is 0. The molecule has 0 aliphatic carbocycles. The minimum Gasteiger partial charge on any atom is -0.479 e. The molecule has 1 unspecified atom stereocenters. The SMILES string of the molecule is Cc1c(C(=O)N2CCOC(C(=O)O)C2)nnn1-c1ccc(-c2ccccc2)cc1. The summed E-state index contributed by atoms with van der Waals surface area (Å²) < 4.78 is 6.78. The van der Waals surface area contributed by atoms with E-state index in [4.69, 9.17) is 9.84 Å². The molecule has 1 aliphatic heterocycles. The fourth-order valence-electron chi connectivity index (χ4n) is 3.33. The maximum Gasteiger partial charge on any atom is 0.334 e. The first kappa shape index (κ1) is 18.8. The number of nitrogens with zero attached hydrogens (tertiary/aromatic N) is 4. The number of morpholine rings is 1. The Bertz CT molecular complexity index is 1030. The molecule has 148 valence electrons. The van der Waals surface area contributed by atoms with Crippen LogP contribution in [0.5, 0.6) is 0 Å². The van der Waals surface area contributed by atoms with Crippen LogP contribution in [0.3, 0.4) is 0 Å². The summed E-state index contributed by atoms with van der Waals surface area (Å²) in [4.78, 5) is 25.4. The van der Waals surface area contributed by atoms with E-state index < -0.39 is 12.1 Å². The lowest BCUT2D eigenvalue weighted by Gasteiger charge is -2.30. The van der Waals surface area contributed by atoms with Crippen LogP contribution in [0, 0.1) is 6.92 Å². The zero-order valence-electron chi connectivity index (χ0n) is 15.9. The molecule has 0 spiro atoms. The third-order valence-electron chi connectivity index (χ3n) is 4.95. The normalized spacial score (nSPS) is 16.6. The van der Waals surface area contributed by atoms with Crippen molar-refractivity contribution >= 4 is 11.9 Å². The van der Waals surface area contributed by atoms with Crippen LogP contribution < -0.4 is 0 Å². The second-order valence-electron chi connectivity index (χ2n) is 6.80. The Hall–Kier alpha value is -3.52. The van der Waals surface area contributed by atoms with Gasteiger partial charge in [-0.1, -0.05) is 47.7 Å². The number of rotatable bonds is 4. The predicted molar refractivity (Wildman–Crippen MR) is 105 cm³/mol. The first-order valence-electron chi connectivity index (χ1n) is 9.26. The summed E-state index contributed by atoms with van der Waals surface area (Å²) in [6.45, 7) is 2.26. The molecule has 8 heteroatoms. The van der Waals surface area contributed by atoms with Gasteiger partial charge in [0.2, 0.25) is 0 Å². The molecule has 1 aromatic heterocycles. The zero-order valence-corrected chi connectivity index (χ0v) is 15.9. The highest BCUT2D eigenvalue weighted by Gasteiger charge is 2.31. The Labute approximate surface area is 167 Å². The van der Waals surface area contributed by atoms with E-state index in [1.54, 1.807) is 11.6 Å². The fraction of sp³-hybridized carbons (Fsp3) is 0.238. The van der Waals surface area contributed by atoms with Gasteiger partial charge in [0.05, 0.1) is 24.5 Å². The zero-order chi connectivity index (χ0) is 20.4. The average molecular weight is 392 g/mol. The molecule has 1 fully saturated rings. The lowest BCUT2D eigenvalue weighted by atomic mass is 10.1. The van der Waals surface area contributed by atoms with E-state index in [1.807, 2.05) is 54.6 Å². The standard InChI is InChI=1S/C21H20N4O4/c1-14-19(20(26)24-11-12-29-18(13-24)21(27)28)22-23-25(14)17-9-7-16(8-10-17)15-5-3-2-4-6-15/h2-10,18H,11-13H2,1H3,(H,27,28). The third kappa shape index (κ3) is 3.74. The van der Waals surface area contributed by atoms with E-state index in [2.05, 4.69) is 10.3 Å². The van der Waals surface area contributed by atoms with Crippen LogP contribution in [0.4, 0.5) is 0 Å². The van der Waals surface area contributed by atoms with Crippen LogP contribution >= 0.6 is 0 Å². The highest BCUT2D eigenvalue weighted by Crippen LogP contribution is 2.22. The quantitative estimate of drug-likeness (QED) is 0.731. The molecule has 1 atom stereocenters. The van der Waals surface area contributed by atoms with Crippen molar-refractivity contribution in [2.75, 3.05) is 19.7 Å². The molecule has 4 rings (SSSR count). The Morgan fingerprint density at radius 3 is 2.45 bits per heavy atom. The predicted octanol–water partition coefficient (Wildman–Crippen LogP) is 2.17. The Balaban J connectivity index is 1.55. The number of aromatic nitrogens is 3. The molecule has 1 aliphatic rings. The van der Waals surface area contributed by atoms with Crippen LogP contribution in [0.2, 0.25) is 0 Å². The van der Waals surface area contributed by atoms with Crippen LogP contribution in [0.15, 0.2) is 54.6 Å². The lowest BCUT2D eigenvalue weighted by molar-refractivity contribution is -0.154. The van der Waals surface area contributed by atoms with Gasteiger partial charge in [0.15, 0.2) is 11.8 Å². The van der Waals surface area contributed by atoms with Gasteiger partial charge in [0.25, 0.3) is 5.91 Å². The highest BCUT2D eigenvalue weighted by atomic mass is 16.5. The van der Waals surface area contributed by atoms with Crippen molar-refractivity contribution in [3.05, 3.63) is 66.0 Å². The molecule has 29 heavy (non-hydrogen) atoms. The van der Waals surface area contributed by atoms with Crippen molar-refractivity contribution in [3.63, 3.8) is 0 Å². The van der Waals surface area contributed by atoms with E-state index in [9.17, 15) is 9.59 Å². The number of carbonyl (C=O) groups excluding carboxylic acids is 1. The number of amides is 1. The summed E-state index contributed by atoms with van der Waals surface area (Å²) in [5.74, 6) is -1.43. The van der Waals surface area contributed by atoms with Crippen LogP contribution in [0.25, 0.3) is 16.8 Å². The number of carboxylic acid groups (broad SMARTS) is 1. The maximum absolute atomic E-state index is 12.8. The van der Waals surface area contributed by atoms with Gasteiger partial charge in [-0.15, -0.1) is 5.10 Å². The molecule has 1 saturated heterocycles. The van der Waals surface area contributed by atoms with Crippen LogP contribution in [-0.2, 0) is 9.53 Å². The first-order valence-corrected chi connectivity index (χ1v) is 9.26. The largest absolute Gasteiger partial charge is 0.479 e. The molecule has 2 aromatic carbocycles. The third-order valence-corrected chi connectivity index (χ3v) is 4.95. The molecular weight excluding hydrogens is 372 g/mol. The minimum atomic E-state index is -1.08. The Kier molecular flexibility index (Phi) is 5.09. The van der Waals surface area contributed by atoms with Gasteiger partial charge in [-0.2, -0.15) is 0 Å². The number of carboxylic acids is 1. The summed E-state index contributed by atoms with van der Waals surface area (Å²) in [6.07, 6.45) is -1.02. The average Bonchev–Trinajstić information content (AvgIpc) is 3.15. The van der Waals surface area contributed by atoms with Gasteiger partial charge in [0, 0.05) is 6.54 Å². The first-order chi connectivity index (χ1) is 14.0. The maximum atomic E-state index is 12.8. The second kappa shape index (κ2) is 7.84. The molecule has 3 aromatic rings. The van der Waals surface area contributed by atoms with Crippen molar-refractivity contribution in [1.29, 1.82) is 0 Å². The summed E-state index contributed by atoms with van der Waals surface area (Å²) in [6, 6.07) is 17.9. The van der Waals surface area contributed by atoms with E-state index in [1.165, 1.54) is 4.90 Å². The number of benzene rings is 2. The lowest BCUT2D eigenvalue weighted by Crippen LogP contribution is -2.48. The van der Waals surface area contributed by atoms with E-state index >= 15 is 0 Å². The molecule has 8 nitrogen and oxygen atoms in total. The van der Waals surface area contributed by atoms with Crippen molar-refractivity contribution in [2.45, 2.75) is 13.0 Å². The fourth-order valence-corrected chi connectivity index (χ4v) is 3.33. The molecule has 1 N–H and O–H groups in total. The topological polar surface area (TPSA) is 97.6 Å². The van der Waals surface area contributed by atoms with Crippen molar-refractivity contribution in [1.82, 2.24) is 19.9 Å². The summed E-state index contributed by atoms with van der Waals surface area (Å²) in [7, 11) is 0. The minimum absolute atomic E-state index is 0.00770. The molecule has 0 saturated carbocycles. The molecule has 0 radical (unpaired) electrons. The number of hydrogen-bond donors (Lipinski definition) is 1. The van der Waals surface area contributed by atoms with Gasteiger partial charge in [-0.05, 0) is 30.2 Å². The van der Waals surface area contributed by atoms with Crippen molar-refractivity contribution in [2.24, 2.45) is 0 Å². The molecular formula is C21H20N4O4. The van der Waals surface area contributed by atoms with Crippen LogP contribution in [-0.4, -0.2) is 62.7 Å². The van der Waals surface area contributed by atoms with Crippen molar-refractivity contribution < 1.29 is 19.4 Å². The van der Waals surface area contributed by atoms with Crippen LogP contribution in [0.1, 0.15) is 16.2 Å². The molecule has 0 bridgehead atoms. The smallest absolute Gasteiger partial charge is 0.334 e. The van der Waals surface area contributed by atoms with E-state index in [0.717, 1.165) is 16.8 Å². The highest BCUT2D eigenvalue weighted by molar-refractivity contribution is 5.93. The number of hydrogen-bond acceptors (Lipinski definition) is 5. The van der Waals surface area contributed by atoms with Crippen molar-refractivity contribution in [3.8, 4) is 16.8 Å². The second-order valence-corrected chi connectivity index (χ2v) is 6.80. The number of aliphatic carboxylic acids is 1.